The van der Waals surface area contributed by atoms with Gasteiger partial charge < -0.3 is 14.1 Å². The first-order chi connectivity index (χ1) is 21.1. The quantitative estimate of drug-likeness (QED) is 0.152. The number of ether oxygens (including phenoxy) is 1. The average molecular weight is 738 g/mol. The second-order valence-corrected chi connectivity index (χ2v) is 14.1. The molecule has 0 spiro atoms. The Morgan fingerprint density at radius 2 is 1.43 bits per heavy atom. The SMILES string of the molecule is CCC(/C=C1/Oc2ccc(-c3ccc(Br)cc3)cc2N1CC)Cc1oc2ccc(-c3ccc(Br)cc3)cc2c1CS(=O)(=O)O. The number of anilines is 1. The van der Waals surface area contributed by atoms with Gasteiger partial charge in [0, 0.05) is 32.9 Å². The molecular weight excluding hydrogens is 706 g/mol. The van der Waals surface area contributed by atoms with Crippen LogP contribution in [0.2, 0.25) is 0 Å². The minimum absolute atomic E-state index is 0.00837. The number of hydrogen-bond donors (Lipinski definition) is 1. The highest BCUT2D eigenvalue weighted by molar-refractivity contribution is 9.10. The lowest BCUT2D eigenvalue weighted by atomic mass is 9.97. The summed E-state index contributed by atoms with van der Waals surface area (Å²) in [5.74, 6) is 1.56. The summed E-state index contributed by atoms with van der Waals surface area (Å²) in [7, 11) is -4.30. The fourth-order valence-electron chi connectivity index (χ4n) is 5.66. The third-order valence-electron chi connectivity index (χ3n) is 7.95. The van der Waals surface area contributed by atoms with Gasteiger partial charge in [-0.25, -0.2) is 0 Å². The van der Waals surface area contributed by atoms with Crippen molar-refractivity contribution in [1.29, 1.82) is 0 Å². The van der Waals surface area contributed by atoms with Crippen molar-refractivity contribution in [3.8, 4) is 28.0 Å². The first kappa shape index (κ1) is 30.6. The van der Waals surface area contributed by atoms with Crippen LogP contribution >= 0.6 is 31.9 Å². The zero-order valence-corrected chi connectivity index (χ0v) is 28.2. The van der Waals surface area contributed by atoms with Gasteiger partial charge in [0.15, 0.2) is 11.6 Å². The maximum absolute atomic E-state index is 12.1. The van der Waals surface area contributed by atoms with Crippen molar-refractivity contribution in [2.75, 3.05) is 11.4 Å². The van der Waals surface area contributed by atoms with Crippen molar-refractivity contribution in [3.63, 3.8) is 0 Å². The molecule has 6 nitrogen and oxygen atoms in total. The molecule has 0 radical (unpaired) electrons. The van der Waals surface area contributed by atoms with Gasteiger partial charge in [0.25, 0.3) is 10.1 Å². The van der Waals surface area contributed by atoms with Crippen molar-refractivity contribution in [1.82, 2.24) is 0 Å². The minimum Gasteiger partial charge on any atom is -0.461 e. The number of nitrogens with zero attached hydrogens (tertiary/aromatic N) is 1. The number of fused-ring (bicyclic) bond motifs is 2. The van der Waals surface area contributed by atoms with Crippen LogP contribution in [-0.2, 0) is 22.3 Å². The second-order valence-electron chi connectivity index (χ2n) is 10.9. The van der Waals surface area contributed by atoms with Crippen molar-refractivity contribution < 1.29 is 22.1 Å². The van der Waals surface area contributed by atoms with Crippen LogP contribution in [0.3, 0.4) is 0 Å². The van der Waals surface area contributed by atoms with Gasteiger partial charge in [-0.2, -0.15) is 8.42 Å². The van der Waals surface area contributed by atoms with Crippen LogP contribution in [0.15, 0.2) is 110 Å². The Morgan fingerprint density at radius 3 is 2.02 bits per heavy atom. The molecule has 6 rings (SSSR count). The summed E-state index contributed by atoms with van der Waals surface area (Å²) in [6, 6.07) is 28.1. The molecule has 5 aromatic rings. The largest absolute Gasteiger partial charge is 0.461 e. The third-order valence-corrected chi connectivity index (χ3v) is 9.66. The van der Waals surface area contributed by atoms with E-state index in [9.17, 15) is 13.0 Å². The van der Waals surface area contributed by atoms with Crippen LogP contribution in [0.25, 0.3) is 33.2 Å². The molecule has 1 aromatic heterocycles. The van der Waals surface area contributed by atoms with E-state index >= 15 is 0 Å². The van der Waals surface area contributed by atoms with Gasteiger partial charge in [-0.15, -0.1) is 0 Å². The highest BCUT2D eigenvalue weighted by atomic mass is 79.9. The van der Waals surface area contributed by atoms with Gasteiger partial charge >= 0.3 is 0 Å². The monoisotopic (exact) mass is 735 g/mol. The lowest BCUT2D eigenvalue weighted by molar-refractivity contribution is 0.421. The minimum atomic E-state index is -4.30. The van der Waals surface area contributed by atoms with Gasteiger partial charge in [-0.1, -0.05) is 75.2 Å². The number of rotatable bonds is 9. The van der Waals surface area contributed by atoms with E-state index in [-0.39, 0.29) is 5.92 Å². The highest BCUT2D eigenvalue weighted by Crippen LogP contribution is 2.42. The first-order valence-electron chi connectivity index (χ1n) is 14.4. The number of furan rings is 1. The standard InChI is InChI=1S/C35H31Br2NO5S/c1-3-22(18-35-38(4-2)31-20-26(10-16-33(31)43-35)24-7-13-28(37)14-8-24)17-34-30(21-44(39,40)41)29-19-25(9-15-32(29)42-34)23-5-11-27(36)12-6-23/h5-16,18-20,22H,3-4,17,21H2,1-2H3,(H,39,40,41)/b35-18+. The fraction of sp³-hybridized carbons (Fsp3) is 0.200. The van der Waals surface area contributed by atoms with Crippen molar-refractivity contribution in [2.24, 2.45) is 5.92 Å². The maximum atomic E-state index is 12.1. The molecule has 44 heavy (non-hydrogen) atoms. The Labute approximate surface area is 274 Å². The van der Waals surface area contributed by atoms with Crippen LogP contribution in [0.4, 0.5) is 5.69 Å². The predicted octanol–water partition coefficient (Wildman–Crippen LogP) is 10.0. The maximum Gasteiger partial charge on any atom is 0.269 e. The summed E-state index contributed by atoms with van der Waals surface area (Å²) < 4.78 is 48.8. The number of halogens is 2. The highest BCUT2D eigenvalue weighted by Gasteiger charge is 2.28. The fourth-order valence-corrected chi connectivity index (χ4v) is 6.87. The smallest absolute Gasteiger partial charge is 0.269 e. The molecule has 0 aliphatic carbocycles. The lowest BCUT2D eigenvalue weighted by Gasteiger charge is -2.18. The molecule has 1 N–H and O–H groups in total. The molecule has 226 valence electrons. The number of hydrogen-bond acceptors (Lipinski definition) is 5. The van der Waals surface area contributed by atoms with Crippen molar-refractivity contribution in [2.45, 2.75) is 32.4 Å². The van der Waals surface area contributed by atoms with E-state index in [0.29, 0.717) is 28.7 Å². The van der Waals surface area contributed by atoms with E-state index < -0.39 is 15.9 Å². The molecule has 0 amide bonds. The van der Waals surface area contributed by atoms with Crippen LogP contribution in [0.5, 0.6) is 5.75 Å². The molecule has 4 aromatic carbocycles. The van der Waals surface area contributed by atoms with E-state index in [0.717, 1.165) is 61.5 Å². The zero-order chi connectivity index (χ0) is 31.0. The van der Waals surface area contributed by atoms with E-state index in [2.05, 4.69) is 80.9 Å². The molecule has 0 fully saturated rings. The Bertz CT molecular complexity index is 1970. The van der Waals surface area contributed by atoms with Crippen molar-refractivity contribution in [3.05, 3.63) is 117 Å². The Balaban J connectivity index is 1.33. The van der Waals surface area contributed by atoms with Gasteiger partial charge in [0.05, 0.1) is 5.69 Å². The molecular formula is C35H31Br2NO5S. The molecule has 1 aliphatic rings. The Hall–Kier alpha value is -3.37. The molecule has 9 heteroatoms. The molecule has 0 saturated carbocycles. The molecule has 1 unspecified atom stereocenters. The molecule has 2 heterocycles. The molecule has 1 atom stereocenters. The van der Waals surface area contributed by atoms with E-state index in [4.69, 9.17) is 9.15 Å². The van der Waals surface area contributed by atoms with Gasteiger partial charge in [0.2, 0.25) is 0 Å². The van der Waals surface area contributed by atoms with Crippen LogP contribution < -0.4 is 9.64 Å². The molecule has 1 aliphatic heterocycles. The van der Waals surface area contributed by atoms with E-state index in [1.165, 1.54) is 0 Å². The molecule has 0 bridgehead atoms. The second kappa shape index (κ2) is 12.6. The van der Waals surface area contributed by atoms with E-state index in [1.807, 2.05) is 60.7 Å². The summed E-state index contributed by atoms with van der Waals surface area (Å²) in [4.78, 5) is 2.16. The third kappa shape index (κ3) is 6.52. The molecule has 0 saturated heterocycles. The van der Waals surface area contributed by atoms with Gasteiger partial charge in [-0.05, 0) is 96.1 Å². The number of benzene rings is 4. The Kier molecular flexibility index (Phi) is 8.75. The topological polar surface area (TPSA) is 80.0 Å². The van der Waals surface area contributed by atoms with Gasteiger partial charge in [0.1, 0.15) is 17.1 Å². The van der Waals surface area contributed by atoms with Crippen LogP contribution in [-0.4, -0.2) is 19.5 Å². The van der Waals surface area contributed by atoms with Crippen molar-refractivity contribution >= 4 is 58.6 Å². The lowest BCUT2D eigenvalue weighted by Crippen LogP contribution is -2.20. The zero-order valence-electron chi connectivity index (χ0n) is 24.3. The van der Waals surface area contributed by atoms with Crippen LogP contribution in [0.1, 0.15) is 31.6 Å². The average Bonchev–Trinajstić information content (AvgIpc) is 3.52. The first-order valence-corrected chi connectivity index (χ1v) is 17.6. The summed E-state index contributed by atoms with van der Waals surface area (Å²) in [6.45, 7) is 4.89. The predicted molar refractivity (Wildman–Crippen MR) is 183 cm³/mol. The summed E-state index contributed by atoms with van der Waals surface area (Å²) in [5.41, 5.74) is 6.23. The summed E-state index contributed by atoms with van der Waals surface area (Å²) in [5, 5.41) is 0.681. The van der Waals surface area contributed by atoms with Crippen LogP contribution in [0, 0.1) is 5.92 Å². The van der Waals surface area contributed by atoms with Gasteiger partial charge in [-0.3, -0.25) is 4.55 Å². The van der Waals surface area contributed by atoms with E-state index in [1.54, 1.807) is 0 Å². The normalized spacial score (nSPS) is 14.7. The summed E-state index contributed by atoms with van der Waals surface area (Å²) in [6.07, 6.45) is 3.33. The summed E-state index contributed by atoms with van der Waals surface area (Å²) >= 11 is 6.98. The Morgan fingerprint density at radius 1 is 0.841 bits per heavy atom. The number of allylic oxidation sites excluding steroid dienone is 1.